The van der Waals surface area contributed by atoms with E-state index in [9.17, 15) is 0 Å². The van der Waals surface area contributed by atoms with Crippen LogP contribution in [0.5, 0.6) is 5.75 Å². The predicted molar refractivity (Wildman–Crippen MR) is 82.4 cm³/mol. The van der Waals surface area contributed by atoms with Gasteiger partial charge in [-0.25, -0.2) is 0 Å². The van der Waals surface area contributed by atoms with Crippen LogP contribution < -0.4 is 10.1 Å². The summed E-state index contributed by atoms with van der Waals surface area (Å²) >= 11 is 6.36. The topological polar surface area (TPSA) is 46.1 Å². The van der Waals surface area contributed by atoms with Crippen molar-refractivity contribution in [3.05, 3.63) is 41.4 Å². The predicted octanol–water partition coefficient (Wildman–Crippen LogP) is 2.21. The van der Waals surface area contributed by atoms with E-state index in [1.54, 1.807) is 6.92 Å². The fourth-order valence-corrected chi connectivity index (χ4v) is 2.38. The number of ether oxygens (including phenoxy) is 1. The molecule has 0 saturated heterocycles. The number of quaternary nitrogens is 1. The molecule has 3 N–H and O–H groups in total. The highest BCUT2D eigenvalue weighted by Crippen LogP contribution is 2.32. The maximum atomic E-state index is 9.14. The first-order valence-corrected chi connectivity index (χ1v) is 7.36. The second kappa shape index (κ2) is 7.48. The Morgan fingerprint density at radius 3 is 2.85 bits per heavy atom. The second-order valence-electron chi connectivity index (χ2n) is 4.96. The first-order valence-electron chi connectivity index (χ1n) is 6.98. The van der Waals surface area contributed by atoms with E-state index in [1.165, 1.54) is 0 Å². The lowest BCUT2D eigenvalue weighted by Crippen LogP contribution is -2.86. The molecule has 3 nitrogen and oxygen atoms in total. The summed E-state index contributed by atoms with van der Waals surface area (Å²) in [7, 11) is 0. The van der Waals surface area contributed by atoms with Crippen LogP contribution in [0.4, 0.5) is 0 Å². The molecule has 1 atom stereocenters. The van der Waals surface area contributed by atoms with Gasteiger partial charge in [0.1, 0.15) is 12.3 Å². The Labute approximate surface area is 124 Å². The summed E-state index contributed by atoms with van der Waals surface area (Å²) < 4.78 is 5.74. The van der Waals surface area contributed by atoms with E-state index in [2.05, 4.69) is 5.32 Å². The van der Waals surface area contributed by atoms with E-state index in [4.69, 9.17) is 21.4 Å². The monoisotopic (exact) mass is 294 g/mol. The Bertz CT molecular complexity index is 557. The summed E-state index contributed by atoms with van der Waals surface area (Å²) in [5.41, 5.74) is 0. The normalized spacial score (nSPS) is 12.6. The Morgan fingerprint density at radius 1 is 1.25 bits per heavy atom. The second-order valence-corrected chi connectivity index (χ2v) is 5.34. The van der Waals surface area contributed by atoms with Gasteiger partial charge in [-0.15, -0.1) is 0 Å². The van der Waals surface area contributed by atoms with Gasteiger partial charge in [0.25, 0.3) is 0 Å². The number of aliphatic hydroxyl groups is 1. The molecule has 0 aliphatic carbocycles. The van der Waals surface area contributed by atoms with Gasteiger partial charge >= 0.3 is 0 Å². The van der Waals surface area contributed by atoms with E-state index < -0.39 is 0 Å². The lowest BCUT2D eigenvalue weighted by molar-refractivity contribution is -0.660. The minimum absolute atomic E-state index is 0.258. The van der Waals surface area contributed by atoms with Gasteiger partial charge in [0.2, 0.25) is 0 Å². The number of rotatable bonds is 7. The molecule has 0 unspecified atom stereocenters. The molecule has 108 valence electrons. The van der Waals surface area contributed by atoms with Crippen molar-refractivity contribution in [2.24, 2.45) is 0 Å². The van der Waals surface area contributed by atoms with Crippen LogP contribution in [0.1, 0.15) is 13.3 Å². The maximum Gasteiger partial charge on any atom is 0.138 e. The molecule has 0 saturated carbocycles. The molecule has 4 heteroatoms. The van der Waals surface area contributed by atoms with Crippen LogP contribution in [-0.2, 0) is 0 Å². The first-order chi connectivity index (χ1) is 9.68. The molecule has 0 heterocycles. The van der Waals surface area contributed by atoms with Gasteiger partial charge in [-0.1, -0.05) is 41.9 Å². The Morgan fingerprint density at radius 2 is 2.05 bits per heavy atom. The quantitative estimate of drug-likeness (QED) is 0.769. The third-order valence-electron chi connectivity index (χ3n) is 3.15. The average Bonchev–Trinajstić information content (AvgIpc) is 2.45. The molecule has 0 bridgehead atoms. The smallest absolute Gasteiger partial charge is 0.138 e. The maximum absolute atomic E-state index is 9.14. The molecule has 0 amide bonds. The minimum atomic E-state index is -0.258. The molecule has 2 rings (SSSR count). The molecule has 0 fully saturated rings. The standard InChI is InChI=1S/C16H20ClNO2/c1-12(19)11-18-9-4-10-20-15-8-7-13-5-2-3-6-14(13)16(15)17/h2-3,5-8,12,18-19H,4,9-11H2,1H3/p+1/t12-/m1/s1. The van der Waals surface area contributed by atoms with Crippen molar-refractivity contribution in [3.63, 3.8) is 0 Å². The van der Waals surface area contributed by atoms with Crippen LogP contribution in [0.2, 0.25) is 5.02 Å². The number of hydrogen-bond donors (Lipinski definition) is 2. The van der Waals surface area contributed by atoms with Gasteiger partial charge in [-0.05, 0) is 18.4 Å². The van der Waals surface area contributed by atoms with Gasteiger partial charge < -0.3 is 15.2 Å². The number of benzene rings is 2. The largest absolute Gasteiger partial charge is 0.492 e. The summed E-state index contributed by atoms with van der Waals surface area (Å²) in [6, 6.07) is 12.0. The molecule has 0 aliphatic rings. The molecule has 0 spiro atoms. The Kier molecular flexibility index (Phi) is 5.65. The van der Waals surface area contributed by atoms with E-state index in [0.717, 1.165) is 36.0 Å². The Hall–Kier alpha value is -1.29. The summed E-state index contributed by atoms with van der Waals surface area (Å²) in [5.74, 6) is 0.737. The number of aliphatic hydroxyl groups excluding tert-OH is 1. The number of fused-ring (bicyclic) bond motifs is 1. The lowest BCUT2D eigenvalue weighted by atomic mass is 10.1. The molecule has 2 aromatic rings. The van der Waals surface area contributed by atoms with Crippen molar-refractivity contribution < 1.29 is 15.2 Å². The van der Waals surface area contributed by atoms with Crippen LogP contribution in [-0.4, -0.2) is 30.9 Å². The van der Waals surface area contributed by atoms with Crippen molar-refractivity contribution in [1.29, 1.82) is 0 Å². The van der Waals surface area contributed by atoms with Crippen molar-refractivity contribution in [2.75, 3.05) is 19.7 Å². The van der Waals surface area contributed by atoms with Crippen LogP contribution in [0.25, 0.3) is 10.8 Å². The van der Waals surface area contributed by atoms with E-state index in [1.807, 2.05) is 36.4 Å². The number of nitrogens with two attached hydrogens (primary N) is 1. The van der Waals surface area contributed by atoms with Gasteiger partial charge in [0, 0.05) is 11.8 Å². The van der Waals surface area contributed by atoms with Gasteiger partial charge in [0.15, 0.2) is 0 Å². The van der Waals surface area contributed by atoms with Crippen molar-refractivity contribution in [3.8, 4) is 5.75 Å². The number of hydrogen-bond acceptors (Lipinski definition) is 2. The highest BCUT2D eigenvalue weighted by atomic mass is 35.5. The fraction of sp³-hybridized carbons (Fsp3) is 0.375. The molecule has 0 aromatic heterocycles. The zero-order valence-corrected chi connectivity index (χ0v) is 12.4. The molecular formula is C16H21ClNO2+. The molecule has 0 radical (unpaired) electrons. The summed E-state index contributed by atoms with van der Waals surface area (Å²) in [4.78, 5) is 0. The van der Waals surface area contributed by atoms with Crippen molar-refractivity contribution in [1.82, 2.24) is 0 Å². The number of halogens is 1. The Balaban J connectivity index is 1.86. The summed E-state index contributed by atoms with van der Waals surface area (Å²) in [5, 5.41) is 14.1. The van der Waals surface area contributed by atoms with Gasteiger partial charge in [-0.3, -0.25) is 0 Å². The van der Waals surface area contributed by atoms with Crippen LogP contribution in [0.3, 0.4) is 0 Å². The molecular weight excluding hydrogens is 274 g/mol. The minimum Gasteiger partial charge on any atom is -0.492 e. The van der Waals surface area contributed by atoms with Crippen LogP contribution >= 0.6 is 11.6 Å². The van der Waals surface area contributed by atoms with Crippen LogP contribution in [0, 0.1) is 0 Å². The lowest BCUT2D eigenvalue weighted by Gasteiger charge is -2.10. The molecule has 2 aromatic carbocycles. The summed E-state index contributed by atoms with van der Waals surface area (Å²) in [6.45, 7) is 4.10. The third kappa shape index (κ3) is 4.10. The molecule has 20 heavy (non-hydrogen) atoms. The SMILES string of the molecule is C[C@@H](O)C[NH2+]CCCOc1ccc2ccccc2c1Cl. The van der Waals surface area contributed by atoms with E-state index in [0.29, 0.717) is 11.6 Å². The zero-order valence-electron chi connectivity index (χ0n) is 11.7. The highest BCUT2D eigenvalue weighted by molar-refractivity contribution is 6.37. The average molecular weight is 295 g/mol. The highest BCUT2D eigenvalue weighted by Gasteiger charge is 2.06. The zero-order chi connectivity index (χ0) is 14.4. The first kappa shape index (κ1) is 15.1. The molecule has 0 aliphatic heterocycles. The fourth-order valence-electron chi connectivity index (χ4n) is 2.09. The summed E-state index contributed by atoms with van der Waals surface area (Å²) in [6.07, 6.45) is 0.668. The van der Waals surface area contributed by atoms with Crippen molar-refractivity contribution >= 4 is 22.4 Å². The van der Waals surface area contributed by atoms with Crippen molar-refractivity contribution in [2.45, 2.75) is 19.4 Å². The van der Waals surface area contributed by atoms with Crippen LogP contribution in [0.15, 0.2) is 36.4 Å². The van der Waals surface area contributed by atoms with E-state index >= 15 is 0 Å². The van der Waals surface area contributed by atoms with Gasteiger partial charge in [-0.2, -0.15) is 0 Å². The van der Waals surface area contributed by atoms with Gasteiger partial charge in [0.05, 0.1) is 24.3 Å². The van der Waals surface area contributed by atoms with E-state index in [-0.39, 0.29) is 6.10 Å². The third-order valence-corrected chi connectivity index (χ3v) is 3.54.